The molecular weight excluding hydrogens is 340 g/mol. The molecule has 1 fully saturated rings. The molecule has 0 bridgehead atoms. The van der Waals surface area contributed by atoms with Crippen LogP contribution >= 0.6 is 0 Å². The maximum Gasteiger partial charge on any atom is 0.325 e. The van der Waals surface area contributed by atoms with Crippen LogP contribution < -0.4 is 10.1 Å². The van der Waals surface area contributed by atoms with Gasteiger partial charge < -0.3 is 10.1 Å². The van der Waals surface area contributed by atoms with Crippen molar-refractivity contribution in [3.8, 4) is 5.75 Å². The summed E-state index contributed by atoms with van der Waals surface area (Å²) in [7, 11) is 0. The van der Waals surface area contributed by atoms with Gasteiger partial charge in [-0.15, -0.1) is 0 Å². The molecule has 0 saturated carbocycles. The molecule has 1 N–H and O–H groups in total. The second-order valence-corrected chi connectivity index (χ2v) is 6.74. The Bertz CT molecular complexity index is 1000. The first-order valence-electron chi connectivity index (χ1n) is 8.89. The van der Waals surface area contributed by atoms with Gasteiger partial charge in [-0.2, -0.15) is 0 Å². The van der Waals surface area contributed by atoms with E-state index in [4.69, 9.17) is 4.74 Å². The quantitative estimate of drug-likeness (QED) is 0.706. The SMILES string of the molecule is C[C@]1(c2ccc3ccccc3c2)NC(=O)N(CCOc2ccccc2)C1=O. The number of amides is 3. The molecule has 0 aromatic heterocycles. The molecule has 0 unspecified atom stereocenters. The van der Waals surface area contributed by atoms with Crippen molar-refractivity contribution in [3.05, 3.63) is 78.4 Å². The van der Waals surface area contributed by atoms with Gasteiger partial charge in [0.1, 0.15) is 17.9 Å². The summed E-state index contributed by atoms with van der Waals surface area (Å²) in [4.78, 5) is 26.6. The highest BCUT2D eigenvalue weighted by Crippen LogP contribution is 2.30. The Morgan fingerprint density at radius 1 is 0.926 bits per heavy atom. The van der Waals surface area contributed by atoms with Crippen molar-refractivity contribution in [2.24, 2.45) is 0 Å². The average molecular weight is 360 g/mol. The molecule has 3 amide bonds. The van der Waals surface area contributed by atoms with Crippen molar-refractivity contribution < 1.29 is 14.3 Å². The number of para-hydroxylation sites is 1. The Hall–Kier alpha value is -3.34. The first-order valence-corrected chi connectivity index (χ1v) is 8.89. The summed E-state index contributed by atoms with van der Waals surface area (Å²) in [5.41, 5.74) is -0.306. The van der Waals surface area contributed by atoms with E-state index in [0.29, 0.717) is 5.75 Å². The van der Waals surface area contributed by atoms with Crippen molar-refractivity contribution in [1.29, 1.82) is 0 Å². The molecule has 1 atom stereocenters. The number of rotatable bonds is 5. The number of nitrogens with zero attached hydrogens (tertiary/aromatic N) is 1. The minimum atomic E-state index is -1.08. The predicted molar refractivity (Wildman–Crippen MR) is 103 cm³/mol. The third-order valence-electron chi connectivity index (χ3n) is 4.93. The first-order chi connectivity index (χ1) is 13.1. The average Bonchev–Trinajstić information content (AvgIpc) is 2.92. The Morgan fingerprint density at radius 2 is 1.63 bits per heavy atom. The van der Waals surface area contributed by atoms with Gasteiger partial charge in [-0.25, -0.2) is 4.79 Å². The number of ether oxygens (including phenoxy) is 1. The van der Waals surface area contributed by atoms with Crippen LogP contribution in [0.4, 0.5) is 4.79 Å². The van der Waals surface area contributed by atoms with E-state index in [1.807, 2.05) is 72.8 Å². The molecule has 3 aromatic carbocycles. The molecule has 136 valence electrons. The minimum absolute atomic E-state index is 0.197. The topological polar surface area (TPSA) is 58.6 Å². The molecule has 1 aliphatic heterocycles. The molecule has 0 radical (unpaired) electrons. The normalized spacial score (nSPS) is 19.4. The number of fused-ring (bicyclic) bond motifs is 1. The number of urea groups is 1. The van der Waals surface area contributed by atoms with Gasteiger partial charge in [-0.05, 0) is 41.5 Å². The van der Waals surface area contributed by atoms with Gasteiger partial charge in [-0.1, -0.05) is 54.6 Å². The molecule has 0 spiro atoms. The van der Waals surface area contributed by atoms with E-state index in [0.717, 1.165) is 16.3 Å². The van der Waals surface area contributed by atoms with Crippen molar-refractivity contribution in [1.82, 2.24) is 10.2 Å². The lowest BCUT2D eigenvalue weighted by Crippen LogP contribution is -2.41. The van der Waals surface area contributed by atoms with Gasteiger partial charge in [0.25, 0.3) is 5.91 Å². The van der Waals surface area contributed by atoms with E-state index in [2.05, 4.69) is 5.32 Å². The Kier molecular flexibility index (Phi) is 4.28. The van der Waals surface area contributed by atoms with Crippen molar-refractivity contribution in [2.45, 2.75) is 12.5 Å². The molecular formula is C22H20N2O3. The molecule has 0 aliphatic carbocycles. The van der Waals surface area contributed by atoms with E-state index in [1.165, 1.54) is 4.90 Å². The van der Waals surface area contributed by atoms with Crippen LogP contribution in [-0.2, 0) is 10.3 Å². The highest BCUT2D eigenvalue weighted by Gasteiger charge is 2.48. The number of nitrogens with one attached hydrogen (secondary N) is 1. The van der Waals surface area contributed by atoms with Crippen LogP contribution in [0.3, 0.4) is 0 Å². The number of carbonyl (C=O) groups is 2. The van der Waals surface area contributed by atoms with E-state index >= 15 is 0 Å². The lowest BCUT2D eigenvalue weighted by molar-refractivity contribution is -0.131. The molecule has 1 heterocycles. The molecule has 1 aliphatic rings. The standard InChI is InChI=1S/C22H20N2O3/c1-22(18-12-11-16-7-5-6-8-17(16)15-18)20(25)24(21(26)23-22)13-14-27-19-9-3-2-4-10-19/h2-12,15H,13-14H2,1H3,(H,23,26)/t22-/m1/s1. The summed E-state index contributed by atoms with van der Waals surface area (Å²) in [5, 5.41) is 4.97. The molecule has 3 aromatic rings. The zero-order valence-corrected chi connectivity index (χ0v) is 15.0. The largest absolute Gasteiger partial charge is 0.492 e. The van der Waals surface area contributed by atoms with Crippen LogP contribution in [0.2, 0.25) is 0 Å². The number of imide groups is 1. The fourth-order valence-corrected chi connectivity index (χ4v) is 3.37. The summed E-state index contributed by atoms with van der Waals surface area (Å²) in [6, 6.07) is 22.7. The Labute approximate surface area is 157 Å². The maximum absolute atomic E-state index is 13.0. The summed E-state index contributed by atoms with van der Waals surface area (Å²) in [6.45, 7) is 2.19. The highest BCUT2D eigenvalue weighted by molar-refractivity contribution is 6.07. The first kappa shape index (κ1) is 17.1. The molecule has 5 nitrogen and oxygen atoms in total. The van der Waals surface area contributed by atoms with Gasteiger partial charge >= 0.3 is 6.03 Å². The second-order valence-electron chi connectivity index (χ2n) is 6.74. The van der Waals surface area contributed by atoms with E-state index in [9.17, 15) is 9.59 Å². The lowest BCUT2D eigenvalue weighted by atomic mass is 9.90. The Balaban J connectivity index is 1.52. The number of hydrogen-bond donors (Lipinski definition) is 1. The van der Waals surface area contributed by atoms with E-state index < -0.39 is 11.6 Å². The van der Waals surface area contributed by atoms with Gasteiger partial charge in [0.15, 0.2) is 0 Å². The summed E-state index contributed by atoms with van der Waals surface area (Å²) < 4.78 is 5.62. The monoisotopic (exact) mass is 360 g/mol. The minimum Gasteiger partial charge on any atom is -0.492 e. The second kappa shape index (κ2) is 6.76. The maximum atomic E-state index is 13.0. The molecule has 27 heavy (non-hydrogen) atoms. The zero-order chi connectivity index (χ0) is 18.9. The van der Waals surface area contributed by atoms with Crippen LogP contribution in [0.1, 0.15) is 12.5 Å². The van der Waals surface area contributed by atoms with Gasteiger partial charge in [0.05, 0.1) is 6.54 Å². The predicted octanol–water partition coefficient (Wildman–Crippen LogP) is 3.69. The lowest BCUT2D eigenvalue weighted by Gasteiger charge is -2.22. The van der Waals surface area contributed by atoms with Gasteiger partial charge in [0, 0.05) is 0 Å². The van der Waals surface area contributed by atoms with Crippen LogP contribution in [0, 0.1) is 0 Å². The van der Waals surface area contributed by atoms with Gasteiger partial charge in [-0.3, -0.25) is 9.69 Å². The third-order valence-corrected chi connectivity index (χ3v) is 4.93. The molecule has 5 heteroatoms. The molecule has 4 rings (SSSR count). The highest BCUT2D eigenvalue weighted by atomic mass is 16.5. The number of hydrogen-bond acceptors (Lipinski definition) is 3. The number of benzene rings is 3. The summed E-state index contributed by atoms with van der Waals surface area (Å²) in [6.07, 6.45) is 0. The van der Waals surface area contributed by atoms with E-state index in [-0.39, 0.29) is 19.1 Å². The molecule has 1 saturated heterocycles. The fraction of sp³-hybridized carbons (Fsp3) is 0.182. The number of carbonyl (C=O) groups excluding carboxylic acids is 2. The van der Waals surface area contributed by atoms with E-state index in [1.54, 1.807) is 6.92 Å². The summed E-state index contributed by atoms with van der Waals surface area (Å²) >= 11 is 0. The van der Waals surface area contributed by atoms with Crippen molar-refractivity contribution >= 4 is 22.7 Å². The van der Waals surface area contributed by atoms with Crippen LogP contribution in [0.15, 0.2) is 72.8 Å². The van der Waals surface area contributed by atoms with Gasteiger partial charge in [0.2, 0.25) is 0 Å². The van der Waals surface area contributed by atoms with Crippen LogP contribution in [0.25, 0.3) is 10.8 Å². The van der Waals surface area contributed by atoms with Crippen LogP contribution in [0.5, 0.6) is 5.75 Å². The fourth-order valence-electron chi connectivity index (χ4n) is 3.37. The van der Waals surface area contributed by atoms with Crippen molar-refractivity contribution in [3.63, 3.8) is 0 Å². The smallest absolute Gasteiger partial charge is 0.325 e. The third kappa shape index (κ3) is 3.12. The Morgan fingerprint density at radius 3 is 2.41 bits per heavy atom. The van der Waals surface area contributed by atoms with Crippen LogP contribution in [-0.4, -0.2) is 30.0 Å². The summed E-state index contributed by atoms with van der Waals surface area (Å²) in [5.74, 6) is 0.446. The zero-order valence-electron chi connectivity index (χ0n) is 15.0. The van der Waals surface area contributed by atoms with Crippen molar-refractivity contribution in [2.75, 3.05) is 13.2 Å².